The third-order valence-electron chi connectivity index (χ3n) is 5.44. The number of imide groups is 1. The number of benzene rings is 2. The fraction of sp³-hybridized carbons (Fsp3) is 0.273. The van der Waals surface area contributed by atoms with Crippen LogP contribution >= 0.6 is 0 Å². The van der Waals surface area contributed by atoms with Crippen LogP contribution in [0, 0.1) is 0 Å². The minimum Gasteiger partial charge on any atom is -0.459 e. The van der Waals surface area contributed by atoms with Crippen molar-refractivity contribution < 1.29 is 23.5 Å². The van der Waals surface area contributed by atoms with Gasteiger partial charge in [-0.1, -0.05) is 37.3 Å². The van der Waals surface area contributed by atoms with Crippen molar-refractivity contribution in [3.05, 3.63) is 58.4 Å². The summed E-state index contributed by atoms with van der Waals surface area (Å²) in [6.07, 6.45) is 0.405. The molecular formula is C22H20N2O6. The van der Waals surface area contributed by atoms with Crippen LogP contribution < -0.4 is 10.9 Å². The second-order valence-electron chi connectivity index (χ2n) is 7.42. The van der Waals surface area contributed by atoms with Crippen molar-refractivity contribution in [1.82, 2.24) is 10.2 Å². The van der Waals surface area contributed by atoms with Crippen LogP contribution in [-0.4, -0.2) is 34.9 Å². The van der Waals surface area contributed by atoms with Gasteiger partial charge in [0.05, 0.1) is 0 Å². The number of carbonyl (C=O) groups excluding carboxylic acids is 3. The Balaban J connectivity index is 1.57. The number of esters is 1. The van der Waals surface area contributed by atoms with Crippen LogP contribution in [0.5, 0.6) is 0 Å². The van der Waals surface area contributed by atoms with Gasteiger partial charge in [-0.25, -0.2) is 9.59 Å². The third kappa shape index (κ3) is 3.30. The second-order valence-corrected chi connectivity index (χ2v) is 7.42. The van der Waals surface area contributed by atoms with E-state index in [9.17, 15) is 19.2 Å². The van der Waals surface area contributed by atoms with Gasteiger partial charge in [-0.2, -0.15) is 0 Å². The molecule has 1 aliphatic heterocycles. The Kier molecular flexibility index (Phi) is 4.77. The summed E-state index contributed by atoms with van der Waals surface area (Å²) >= 11 is 0. The Morgan fingerprint density at radius 2 is 1.93 bits per heavy atom. The van der Waals surface area contributed by atoms with Crippen molar-refractivity contribution in [2.24, 2.45) is 0 Å². The molecule has 3 aromatic rings. The highest BCUT2D eigenvalue weighted by atomic mass is 16.5. The molecular weight excluding hydrogens is 388 g/mol. The van der Waals surface area contributed by atoms with Crippen LogP contribution in [0.1, 0.15) is 25.8 Å². The van der Waals surface area contributed by atoms with Gasteiger partial charge in [0.15, 0.2) is 0 Å². The molecule has 0 bridgehead atoms. The third-order valence-corrected chi connectivity index (χ3v) is 5.44. The van der Waals surface area contributed by atoms with E-state index in [1.54, 1.807) is 19.9 Å². The lowest BCUT2D eigenvalue weighted by atomic mass is 9.99. The van der Waals surface area contributed by atoms with Crippen molar-refractivity contribution in [2.75, 3.05) is 6.54 Å². The zero-order chi connectivity index (χ0) is 21.5. The number of nitrogens with one attached hydrogen (secondary N) is 1. The number of nitrogens with zero attached hydrogens (tertiary/aromatic N) is 1. The minimum absolute atomic E-state index is 0.191. The molecule has 0 aliphatic carbocycles. The molecule has 3 amide bonds. The SMILES string of the molecule is CC[C@@]1(C)NC(=O)N(CC(=O)OCc2cc(=O)oc3ccc4ccccc4c23)C1=O. The van der Waals surface area contributed by atoms with Crippen LogP contribution in [0.2, 0.25) is 0 Å². The Labute approximate surface area is 171 Å². The number of hydrogen-bond acceptors (Lipinski definition) is 6. The van der Waals surface area contributed by atoms with Crippen molar-refractivity contribution in [3.63, 3.8) is 0 Å². The molecule has 154 valence electrons. The van der Waals surface area contributed by atoms with Gasteiger partial charge in [-0.15, -0.1) is 0 Å². The number of ether oxygens (including phenoxy) is 1. The maximum absolute atomic E-state index is 12.4. The molecule has 1 saturated heterocycles. The molecule has 1 atom stereocenters. The van der Waals surface area contributed by atoms with Gasteiger partial charge in [0, 0.05) is 17.0 Å². The van der Waals surface area contributed by atoms with Crippen molar-refractivity contribution in [1.29, 1.82) is 0 Å². The Hall–Kier alpha value is -3.68. The lowest BCUT2D eigenvalue weighted by molar-refractivity contribution is -0.148. The van der Waals surface area contributed by atoms with E-state index in [1.807, 2.05) is 30.3 Å². The topological polar surface area (TPSA) is 106 Å². The molecule has 8 nitrogen and oxygen atoms in total. The van der Waals surface area contributed by atoms with Gasteiger partial charge >= 0.3 is 17.6 Å². The van der Waals surface area contributed by atoms with Gasteiger partial charge in [-0.3, -0.25) is 14.5 Å². The summed E-state index contributed by atoms with van der Waals surface area (Å²) in [6, 6.07) is 11.8. The average Bonchev–Trinajstić information content (AvgIpc) is 2.95. The molecule has 0 unspecified atom stereocenters. The van der Waals surface area contributed by atoms with Crippen LogP contribution in [0.15, 0.2) is 51.7 Å². The molecule has 4 rings (SSSR count). The quantitative estimate of drug-likeness (QED) is 0.301. The minimum atomic E-state index is -1.02. The normalized spacial score (nSPS) is 18.8. The fourth-order valence-electron chi connectivity index (χ4n) is 3.60. The summed E-state index contributed by atoms with van der Waals surface area (Å²) in [4.78, 5) is 49.6. The molecule has 8 heteroatoms. The van der Waals surface area contributed by atoms with Gasteiger partial charge in [0.25, 0.3) is 5.91 Å². The second kappa shape index (κ2) is 7.29. The van der Waals surface area contributed by atoms with E-state index in [0.29, 0.717) is 23.0 Å². The highest BCUT2D eigenvalue weighted by Gasteiger charge is 2.47. The van der Waals surface area contributed by atoms with Crippen LogP contribution in [0.4, 0.5) is 4.79 Å². The molecule has 1 fully saturated rings. The molecule has 1 aliphatic rings. The molecule has 0 radical (unpaired) electrons. The van der Waals surface area contributed by atoms with Crippen LogP contribution in [-0.2, 0) is 20.9 Å². The lowest BCUT2D eigenvalue weighted by Crippen LogP contribution is -2.43. The van der Waals surface area contributed by atoms with E-state index in [-0.39, 0.29) is 6.61 Å². The predicted molar refractivity (Wildman–Crippen MR) is 109 cm³/mol. The molecule has 2 heterocycles. The highest BCUT2D eigenvalue weighted by Crippen LogP contribution is 2.28. The first-order valence-corrected chi connectivity index (χ1v) is 9.56. The first-order valence-electron chi connectivity index (χ1n) is 9.56. The number of hydrogen-bond donors (Lipinski definition) is 1. The summed E-state index contributed by atoms with van der Waals surface area (Å²) in [6.45, 7) is 2.69. The van der Waals surface area contributed by atoms with E-state index < -0.39 is 35.6 Å². The van der Waals surface area contributed by atoms with Crippen molar-refractivity contribution in [2.45, 2.75) is 32.4 Å². The predicted octanol–water partition coefficient (Wildman–Crippen LogP) is 2.71. The van der Waals surface area contributed by atoms with E-state index in [2.05, 4.69) is 5.32 Å². The largest absolute Gasteiger partial charge is 0.459 e. The molecule has 1 aromatic heterocycles. The highest BCUT2D eigenvalue weighted by molar-refractivity contribution is 6.09. The van der Waals surface area contributed by atoms with Crippen LogP contribution in [0.25, 0.3) is 21.7 Å². The van der Waals surface area contributed by atoms with E-state index in [1.165, 1.54) is 6.07 Å². The van der Waals surface area contributed by atoms with Gasteiger partial charge in [0.1, 0.15) is 24.3 Å². The zero-order valence-corrected chi connectivity index (χ0v) is 16.6. The zero-order valence-electron chi connectivity index (χ0n) is 16.6. The van der Waals surface area contributed by atoms with Crippen molar-refractivity contribution in [3.8, 4) is 0 Å². The van der Waals surface area contributed by atoms with Gasteiger partial charge < -0.3 is 14.5 Å². The lowest BCUT2D eigenvalue weighted by Gasteiger charge is -2.18. The van der Waals surface area contributed by atoms with E-state index >= 15 is 0 Å². The molecule has 30 heavy (non-hydrogen) atoms. The monoisotopic (exact) mass is 408 g/mol. The number of carbonyl (C=O) groups is 3. The van der Waals surface area contributed by atoms with E-state index in [0.717, 1.165) is 15.7 Å². The van der Waals surface area contributed by atoms with Crippen molar-refractivity contribution >= 4 is 39.6 Å². The number of rotatable bonds is 5. The van der Waals surface area contributed by atoms with Gasteiger partial charge in [0.2, 0.25) is 0 Å². The molecule has 2 aromatic carbocycles. The summed E-state index contributed by atoms with van der Waals surface area (Å²) in [5.41, 5.74) is -0.705. The Morgan fingerprint density at radius 3 is 2.67 bits per heavy atom. The number of fused-ring (bicyclic) bond motifs is 3. The Morgan fingerprint density at radius 1 is 1.17 bits per heavy atom. The Bertz CT molecular complexity index is 1250. The summed E-state index contributed by atoms with van der Waals surface area (Å²) < 4.78 is 10.6. The smallest absolute Gasteiger partial charge is 0.336 e. The number of amides is 3. The summed E-state index contributed by atoms with van der Waals surface area (Å²) in [7, 11) is 0. The maximum Gasteiger partial charge on any atom is 0.336 e. The fourth-order valence-corrected chi connectivity index (χ4v) is 3.60. The maximum atomic E-state index is 12.4. The summed E-state index contributed by atoms with van der Waals surface area (Å²) in [5.74, 6) is -1.22. The van der Waals surface area contributed by atoms with Crippen LogP contribution in [0.3, 0.4) is 0 Å². The first-order chi connectivity index (χ1) is 14.3. The first kappa shape index (κ1) is 19.6. The average molecular weight is 408 g/mol. The molecule has 1 N–H and O–H groups in total. The molecule has 0 spiro atoms. The van der Waals surface area contributed by atoms with Gasteiger partial charge in [-0.05, 0) is 30.2 Å². The van der Waals surface area contributed by atoms with E-state index in [4.69, 9.17) is 9.15 Å². The molecule has 0 saturated carbocycles. The standard InChI is InChI=1S/C22H20N2O6/c1-3-22(2)20(27)24(21(28)23-22)11-18(26)29-12-14-10-17(25)30-16-9-8-13-6-4-5-7-15(13)19(14)16/h4-10H,3,11-12H2,1-2H3,(H,23,28)/t22-/m1/s1. The number of urea groups is 1. The summed E-state index contributed by atoms with van der Waals surface area (Å²) in [5, 5.41) is 5.07.